The fourth-order valence-electron chi connectivity index (χ4n) is 3.92. The molecule has 1 saturated carbocycles. The van der Waals surface area contributed by atoms with Gasteiger partial charge >= 0.3 is 0 Å². The van der Waals surface area contributed by atoms with E-state index in [9.17, 15) is 18.3 Å². The van der Waals surface area contributed by atoms with Gasteiger partial charge in [0.1, 0.15) is 4.90 Å². The number of hydrogen-bond acceptors (Lipinski definition) is 7. The lowest BCUT2D eigenvalue weighted by molar-refractivity contribution is -0.126. The number of aliphatic hydroxyl groups is 1. The molecule has 2 aromatic carbocycles. The molecule has 0 atom stereocenters. The summed E-state index contributed by atoms with van der Waals surface area (Å²) in [6, 6.07) is 10.7. The summed E-state index contributed by atoms with van der Waals surface area (Å²) in [5.41, 5.74) is 2.02. The standard InChI is InChI=1S/C23H20Cl2N6O4S/c1-11-19-21(29-30-22(19)28-23(33)13-8-16(32)9-13)27-20(26-11)12-2-5-15(6-3-12)31-36(34,35)18-10-14(24)4-7-17(18)25/h2-7,10,13,16,31-32H,8-9H2,1H3,(H2,26,27,28,29,30,33). The Balaban J connectivity index is 1.36. The van der Waals surface area contributed by atoms with Gasteiger partial charge < -0.3 is 10.4 Å². The topological polar surface area (TPSA) is 150 Å². The third kappa shape index (κ3) is 4.74. The summed E-state index contributed by atoms with van der Waals surface area (Å²) in [5.74, 6) is 0.299. The second kappa shape index (κ2) is 9.32. The minimum absolute atomic E-state index is 0.0566. The van der Waals surface area contributed by atoms with E-state index in [4.69, 9.17) is 23.2 Å². The van der Waals surface area contributed by atoms with Crippen LogP contribution in [0.2, 0.25) is 10.0 Å². The third-order valence-electron chi connectivity index (χ3n) is 5.90. The van der Waals surface area contributed by atoms with E-state index in [1.54, 1.807) is 31.2 Å². The molecular weight excluding hydrogens is 527 g/mol. The number of aliphatic hydroxyl groups excluding tert-OH is 1. The number of carbonyl (C=O) groups is 1. The molecule has 1 amide bonds. The van der Waals surface area contributed by atoms with Crippen LogP contribution < -0.4 is 10.0 Å². The predicted molar refractivity (Wildman–Crippen MR) is 136 cm³/mol. The molecule has 0 spiro atoms. The number of carbonyl (C=O) groups excluding carboxylic acids is 1. The number of nitrogens with zero attached hydrogens (tertiary/aromatic N) is 3. The maximum Gasteiger partial charge on any atom is 0.263 e. The van der Waals surface area contributed by atoms with Crippen molar-refractivity contribution in [3.63, 3.8) is 0 Å². The van der Waals surface area contributed by atoms with Crippen LogP contribution in [-0.2, 0) is 14.8 Å². The van der Waals surface area contributed by atoms with Crippen molar-refractivity contribution in [2.75, 3.05) is 10.0 Å². The number of rotatable bonds is 6. The number of hydrogen-bond donors (Lipinski definition) is 4. The number of nitrogens with one attached hydrogen (secondary N) is 3. The Labute approximate surface area is 216 Å². The Morgan fingerprint density at radius 1 is 1.11 bits per heavy atom. The van der Waals surface area contributed by atoms with E-state index >= 15 is 0 Å². The highest BCUT2D eigenvalue weighted by atomic mass is 35.5. The van der Waals surface area contributed by atoms with E-state index in [0.29, 0.717) is 52.5 Å². The van der Waals surface area contributed by atoms with Crippen LogP contribution in [0, 0.1) is 12.8 Å². The predicted octanol–water partition coefficient (Wildman–Crippen LogP) is 4.15. The van der Waals surface area contributed by atoms with Crippen LogP contribution in [0.25, 0.3) is 22.4 Å². The van der Waals surface area contributed by atoms with Crippen molar-refractivity contribution in [2.24, 2.45) is 5.92 Å². The van der Waals surface area contributed by atoms with Crippen molar-refractivity contribution in [1.29, 1.82) is 0 Å². The first-order valence-electron chi connectivity index (χ1n) is 10.9. The minimum atomic E-state index is -3.95. The summed E-state index contributed by atoms with van der Waals surface area (Å²) < 4.78 is 28.0. The maximum atomic E-state index is 12.7. The van der Waals surface area contributed by atoms with Crippen molar-refractivity contribution in [2.45, 2.75) is 30.8 Å². The van der Waals surface area contributed by atoms with Gasteiger partial charge in [0.2, 0.25) is 5.91 Å². The molecule has 10 nitrogen and oxygen atoms in total. The molecule has 0 saturated heterocycles. The number of fused-ring (bicyclic) bond motifs is 1. The fourth-order valence-corrected chi connectivity index (χ4v) is 5.75. The number of aromatic nitrogens is 4. The van der Waals surface area contributed by atoms with Crippen LogP contribution in [0.1, 0.15) is 18.5 Å². The molecule has 0 radical (unpaired) electrons. The van der Waals surface area contributed by atoms with Gasteiger partial charge in [0.05, 0.1) is 22.2 Å². The zero-order valence-corrected chi connectivity index (χ0v) is 21.1. The summed E-state index contributed by atoms with van der Waals surface area (Å²) in [6.07, 6.45) is 0.443. The summed E-state index contributed by atoms with van der Waals surface area (Å²) in [6.45, 7) is 1.78. The van der Waals surface area contributed by atoms with Crippen molar-refractivity contribution in [3.8, 4) is 11.4 Å². The van der Waals surface area contributed by atoms with Gasteiger partial charge in [-0.15, -0.1) is 0 Å². The smallest absolute Gasteiger partial charge is 0.263 e. The van der Waals surface area contributed by atoms with Gasteiger partial charge in [-0.2, -0.15) is 5.10 Å². The Kier molecular flexibility index (Phi) is 6.33. The average molecular weight is 547 g/mol. The summed E-state index contributed by atoms with van der Waals surface area (Å²) in [4.78, 5) is 21.3. The van der Waals surface area contributed by atoms with Gasteiger partial charge in [-0.1, -0.05) is 23.2 Å². The van der Waals surface area contributed by atoms with Crippen molar-refractivity contribution >= 4 is 61.7 Å². The Morgan fingerprint density at radius 2 is 1.83 bits per heavy atom. The van der Waals surface area contributed by atoms with Gasteiger partial charge in [0.15, 0.2) is 17.3 Å². The van der Waals surface area contributed by atoms with E-state index in [2.05, 4.69) is 30.2 Å². The quantitative estimate of drug-likeness (QED) is 0.283. The number of aromatic amines is 1. The number of H-pyrrole nitrogens is 1. The second-order valence-electron chi connectivity index (χ2n) is 8.50. The second-order valence-corrected chi connectivity index (χ2v) is 11.0. The number of anilines is 2. The molecule has 0 aliphatic heterocycles. The van der Waals surface area contributed by atoms with Crippen molar-refractivity contribution in [1.82, 2.24) is 20.2 Å². The minimum Gasteiger partial charge on any atom is -0.393 e. The van der Waals surface area contributed by atoms with Gasteiger partial charge in [0.25, 0.3) is 10.0 Å². The molecule has 5 rings (SSSR count). The van der Waals surface area contributed by atoms with Crippen LogP contribution in [-0.4, -0.2) is 45.7 Å². The van der Waals surface area contributed by atoms with Crippen LogP contribution >= 0.6 is 23.2 Å². The normalized spacial score (nSPS) is 17.6. The van der Waals surface area contributed by atoms with Crippen molar-refractivity contribution < 1.29 is 18.3 Å². The highest BCUT2D eigenvalue weighted by Gasteiger charge is 2.33. The Bertz CT molecular complexity index is 1580. The molecule has 0 unspecified atom stereocenters. The van der Waals surface area contributed by atoms with E-state index in [1.807, 2.05) is 0 Å². The third-order valence-corrected chi connectivity index (χ3v) is 8.00. The molecule has 1 aliphatic carbocycles. The van der Waals surface area contributed by atoms with Gasteiger partial charge in [0, 0.05) is 22.2 Å². The first-order valence-corrected chi connectivity index (χ1v) is 13.1. The van der Waals surface area contributed by atoms with E-state index in [-0.39, 0.29) is 26.8 Å². The lowest BCUT2D eigenvalue weighted by atomic mass is 9.82. The average Bonchev–Trinajstić information content (AvgIpc) is 3.21. The molecule has 4 aromatic rings. The zero-order chi connectivity index (χ0) is 25.6. The molecule has 2 heterocycles. The first-order chi connectivity index (χ1) is 17.1. The van der Waals surface area contributed by atoms with Crippen LogP contribution in [0.3, 0.4) is 0 Å². The van der Waals surface area contributed by atoms with Crippen LogP contribution in [0.4, 0.5) is 11.5 Å². The van der Waals surface area contributed by atoms with E-state index in [0.717, 1.165) is 0 Å². The highest BCUT2D eigenvalue weighted by molar-refractivity contribution is 7.92. The highest BCUT2D eigenvalue weighted by Crippen LogP contribution is 2.31. The fraction of sp³-hybridized carbons (Fsp3) is 0.217. The summed E-state index contributed by atoms with van der Waals surface area (Å²) in [7, 11) is -3.95. The van der Waals surface area contributed by atoms with Crippen molar-refractivity contribution in [3.05, 3.63) is 58.2 Å². The lowest BCUT2D eigenvalue weighted by Gasteiger charge is -2.29. The molecule has 36 heavy (non-hydrogen) atoms. The molecule has 1 aliphatic rings. The number of halogens is 2. The molecule has 2 aromatic heterocycles. The largest absolute Gasteiger partial charge is 0.393 e. The summed E-state index contributed by atoms with van der Waals surface area (Å²) in [5, 5.41) is 20.1. The Hall–Kier alpha value is -3.25. The molecule has 4 N–H and O–H groups in total. The van der Waals surface area contributed by atoms with Crippen LogP contribution in [0.15, 0.2) is 47.4 Å². The van der Waals surface area contributed by atoms with Gasteiger partial charge in [-0.25, -0.2) is 18.4 Å². The van der Waals surface area contributed by atoms with Crippen LogP contribution in [0.5, 0.6) is 0 Å². The maximum absolute atomic E-state index is 12.7. The molecule has 13 heteroatoms. The monoisotopic (exact) mass is 546 g/mol. The summed E-state index contributed by atoms with van der Waals surface area (Å²) >= 11 is 12.0. The van der Waals surface area contributed by atoms with Gasteiger partial charge in [-0.05, 0) is 62.2 Å². The molecule has 186 valence electrons. The van der Waals surface area contributed by atoms with E-state index < -0.39 is 16.1 Å². The number of sulfonamides is 1. The SMILES string of the molecule is Cc1nc(-c2ccc(NS(=O)(=O)c3cc(Cl)ccc3Cl)cc2)nc2[nH]nc(NC(=O)C3CC(O)C3)c12. The number of aryl methyl sites for hydroxylation is 1. The van der Waals surface area contributed by atoms with E-state index in [1.165, 1.54) is 18.2 Å². The van der Waals surface area contributed by atoms with Gasteiger partial charge in [-0.3, -0.25) is 14.6 Å². The molecule has 1 fully saturated rings. The zero-order valence-electron chi connectivity index (χ0n) is 18.8. The number of benzene rings is 2. The number of amides is 1. The molecule has 0 bridgehead atoms. The first kappa shape index (κ1) is 24.4. The Morgan fingerprint density at radius 3 is 2.53 bits per heavy atom. The lowest BCUT2D eigenvalue weighted by Crippen LogP contribution is -2.37. The molecular formula is C23H20Cl2N6O4S.